The van der Waals surface area contributed by atoms with E-state index in [4.69, 9.17) is 4.74 Å². The second-order valence-corrected chi connectivity index (χ2v) is 5.62. The summed E-state index contributed by atoms with van der Waals surface area (Å²) in [6.07, 6.45) is 5.13. The van der Waals surface area contributed by atoms with E-state index >= 15 is 0 Å². The molecule has 2 atom stereocenters. The maximum absolute atomic E-state index is 5.36. The number of ether oxygens (including phenoxy) is 1. The van der Waals surface area contributed by atoms with Crippen LogP contribution in [0.2, 0.25) is 0 Å². The first-order valence-corrected chi connectivity index (χ1v) is 7.79. The smallest absolute Gasteiger partial charge is 0.0594 e. The fraction of sp³-hybridized carbons (Fsp3) is 1.00. The van der Waals surface area contributed by atoms with Gasteiger partial charge >= 0.3 is 0 Å². The lowest BCUT2D eigenvalue weighted by atomic mass is 9.98. The molecule has 1 rings (SSSR count). The van der Waals surface area contributed by atoms with Gasteiger partial charge in [0.1, 0.15) is 0 Å². The van der Waals surface area contributed by atoms with E-state index in [0.29, 0.717) is 6.04 Å². The van der Waals surface area contributed by atoms with E-state index in [0.717, 1.165) is 38.8 Å². The Hall–Kier alpha value is -0.120. The molecule has 3 nitrogen and oxygen atoms in total. The first-order valence-electron chi connectivity index (χ1n) is 7.79. The Balaban J connectivity index is 2.03. The number of nitrogens with one attached hydrogen (secondary N) is 1. The summed E-state index contributed by atoms with van der Waals surface area (Å²) in [6, 6.07) is 0.713. The highest BCUT2D eigenvalue weighted by Gasteiger charge is 2.11. The predicted molar refractivity (Wildman–Crippen MR) is 78.0 cm³/mol. The second kappa shape index (κ2) is 9.76. The number of hydrogen-bond donors (Lipinski definition) is 1. The van der Waals surface area contributed by atoms with Gasteiger partial charge in [-0.25, -0.2) is 0 Å². The molecule has 0 radical (unpaired) electrons. The van der Waals surface area contributed by atoms with Gasteiger partial charge in [-0.15, -0.1) is 0 Å². The predicted octanol–water partition coefficient (Wildman–Crippen LogP) is 2.51. The Morgan fingerprint density at radius 2 is 1.89 bits per heavy atom. The largest absolute Gasteiger partial charge is 0.379 e. The van der Waals surface area contributed by atoms with Crippen LogP contribution in [0, 0.1) is 5.92 Å². The summed E-state index contributed by atoms with van der Waals surface area (Å²) >= 11 is 0. The normalized spacial score (nSPS) is 20.8. The molecule has 1 heterocycles. The Morgan fingerprint density at radius 3 is 2.50 bits per heavy atom. The summed E-state index contributed by atoms with van der Waals surface area (Å²) in [5.41, 5.74) is 0. The van der Waals surface area contributed by atoms with Crippen LogP contribution in [0.5, 0.6) is 0 Å². The zero-order valence-electron chi connectivity index (χ0n) is 12.6. The van der Waals surface area contributed by atoms with Crippen LogP contribution in [0.25, 0.3) is 0 Å². The first-order chi connectivity index (χ1) is 8.76. The minimum Gasteiger partial charge on any atom is -0.379 e. The highest BCUT2D eigenvalue weighted by Crippen LogP contribution is 2.11. The van der Waals surface area contributed by atoms with Gasteiger partial charge in [0.2, 0.25) is 0 Å². The molecule has 0 aromatic carbocycles. The van der Waals surface area contributed by atoms with E-state index in [1.165, 1.54) is 32.2 Å². The van der Waals surface area contributed by atoms with Crippen molar-refractivity contribution in [2.24, 2.45) is 5.92 Å². The molecule has 1 aliphatic heterocycles. The molecule has 1 saturated heterocycles. The molecule has 0 saturated carbocycles. The van der Waals surface area contributed by atoms with Gasteiger partial charge in [-0.3, -0.25) is 4.90 Å². The lowest BCUT2D eigenvalue weighted by Crippen LogP contribution is -2.38. The number of hydrogen-bond acceptors (Lipinski definition) is 3. The van der Waals surface area contributed by atoms with Crippen LogP contribution in [0.4, 0.5) is 0 Å². The summed E-state index contributed by atoms with van der Waals surface area (Å²) in [4.78, 5) is 2.51. The van der Waals surface area contributed by atoms with E-state index in [9.17, 15) is 0 Å². The monoisotopic (exact) mass is 256 g/mol. The molecule has 108 valence electrons. The fourth-order valence-electron chi connectivity index (χ4n) is 2.48. The van der Waals surface area contributed by atoms with Crippen molar-refractivity contribution < 1.29 is 4.74 Å². The van der Waals surface area contributed by atoms with Gasteiger partial charge < -0.3 is 10.1 Å². The summed E-state index contributed by atoms with van der Waals surface area (Å²) in [5.74, 6) is 0.849. The number of morpholine rings is 1. The average Bonchev–Trinajstić information content (AvgIpc) is 2.43. The molecule has 0 spiro atoms. The summed E-state index contributed by atoms with van der Waals surface area (Å²) < 4.78 is 5.36. The van der Waals surface area contributed by atoms with Crippen LogP contribution in [-0.2, 0) is 4.74 Å². The van der Waals surface area contributed by atoms with E-state index in [-0.39, 0.29) is 0 Å². The first kappa shape index (κ1) is 15.9. The quantitative estimate of drug-likeness (QED) is 0.642. The zero-order valence-corrected chi connectivity index (χ0v) is 12.6. The minimum atomic E-state index is 0.713. The molecule has 0 aromatic heterocycles. The van der Waals surface area contributed by atoms with Crippen LogP contribution in [0.1, 0.15) is 46.5 Å². The highest BCUT2D eigenvalue weighted by molar-refractivity contribution is 4.69. The van der Waals surface area contributed by atoms with Crippen molar-refractivity contribution in [2.45, 2.75) is 52.5 Å². The van der Waals surface area contributed by atoms with E-state index < -0.39 is 0 Å². The van der Waals surface area contributed by atoms with Crippen molar-refractivity contribution in [3.63, 3.8) is 0 Å². The fourth-order valence-corrected chi connectivity index (χ4v) is 2.48. The Bertz CT molecular complexity index is 193. The Labute approximate surface area is 113 Å². The summed E-state index contributed by atoms with van der Waals surface area (Å²) in [7, 11) is 0. The van der Waals surface area contributed by atoms with Gasteiger partial charge in [-0.2, -0.15) is 0 Å². The van der Waals surface area contributed by atoms with Crippen molar-refractivity contribution in [3.8, 4) is 0 Å². The van der Waals surface area contributed by atoms with Crippen LogP contribution in [0.3, 0.4) is 0 Å². The van der Waals surface area contributed by atoms with Gasteiger partial charge in [-0.1, -0.05) is 27.2 Å². The molecule has 18 heavy (non-hydrogen) atoms. The average molecular weight is 256 g/mol. The molecular weight excluding hydrogens is 224 g/mol. The number of rotatable bonds is 9. The topological polar surface area (TPSA) is 24.5 Å². The van der Waals surface area contributed by atoms with Gasteiger partial charge in [0.15, 0.2) is 0 Å². The van der Waals surface area contributed by atoms with Gasteiger partial charge in [0.05, 0.1) is 13.2 Å². The summed E-state index contributed by atoms with van der Waals surface area (Å²) in [6.45, 7) is 13.4. The van der Waals surface area contributed by atoms with Crippen LogP contribution in [-0.4, -0.2) is 50.3 Å². The van der Waals surface area contributed by atoms with Crippen LogP contribution < -0.4 is 5.32 Å². The molecule has 0 aromatic rings. The van der Waals surface area contributed by atoms with Crippen molar-refractivity contribution in [1.29, 1.82) is 0 Å². The van der Waals surface area contributed by atoms with Gasteiger partial charge in [0.25, 0.3) is 0 Å². The van der Waals surface area contributed by atoms with Crippen LogP contribution >= 0.6 is 0 Å². The van der Waals surface area contributed by atoms with Gasteiger partial charge in [0, 0.05) is 19.1 Å². The van der Waals surface area contributed by atoms with Crippen LogP contribution in [0.15, 0.2) is 0 Å². The zero-order chi connectivity index (χ0) is 13.2. The highest BCUT2D eigenvalue weighted by atomic mass is 16.5. The van der Waals surface area contributed by atoms with Gasteiger partial charge in [-0.05, 0) is 38.3 Å². The minimum absolute atomic E-state index is 0.713. The Morgan fingerprint density at radius 1 is 1.17 bits per heavy atom. The molecule has 1 aliphatic rings. The van der Waals surface area contributed by atoms with E-state index in [1.54, 1.807) is 0 Å². The maximum atomic E-state index is 5.36. The van der Waals surface area contributed by atoms with E-state index in [1.807, 2.05) is 0 Å². The molecule has 2 unspecified atom stereocenters. The molecule has 1 fully saturated rings. The standard InChI is InChI=1S/C15H32N2O/c1-4-14(3)13-15(5-2)16-7-6-8-17-9-11-18-12-10-17/h14-16H,4-13H2,1-3H3. The molecule has 0 aliphatic carbocycles. The third-order valence-corrected chi connectivity index (χ3v) is 4.06. The number of nitrogens with zero attached hydrogens (tertiary/aromatic N) is 1. The SMILES string of the molecule is CCC(C)CC(CC)NCCCN1CCOCC1. The maximum Gasteiger partial charge on any atom is 0.0594 e. The summed E-state index contributed by atoms with van der Waals surface area (Å²) in [5, 5.41) is 3.72. The third-order valence-electron chi connectivity index (χ3n) is 4.06. The molecule has 3 heteroatoms. The van der Waals surface area contributed by atoms with Crippen molar-refractivity contribution in [1.82, 2.24) is 10.2 Å². The molecule has 1 N–H and O–H groups in total. The van der Waals surface area contributed by atoms with E-state index in [2.05, 4.69) is 31.0 Å². The lowest BCUT2D eigenvalue weighted by Gasteiger charge is -2.27. The molecule has 0 bridgehead atoms. The van der Waals surface area contributed by atoms with Crippen molar-refractivity contribution in [2.75, 3.05) is 39.4 Å². The Kier molecular flexibility index (Phi) is 8.64. The van der Waals surface area contributed by atoms with Crippen molar-refractivity contribution >= 4 is 0 Å². The third kappa shape index (κ3) is 6.72. The molecular formula is C15H32N2O. The van der Waals surface area contributed by atoms with Crippen molar-refractivity contribution in [3.05, 3.63) is 0 Å². The molecule has 0 amide bonds. The lowest BCUT2D eigenvalue weighted by molar-refractivity contribution is 0.0373. The second-order valence-electron chi connectivity index (χ2n) is 5.62.